The first-order chi connectivity index (χ1) is 8.29. The summed E-state index contributed by atoms with van der Waals surface area (Å²) >= 11 is 3.37. The van der Waals surface area contributed by atoms with Crippen LogP contribution in [0.25, 0.3) is 0 Å². The van der Waals surface area contributed by atoms with Gasteiger partial charge in [0.25, 0.3) is 0 Å². The Morgan fingerprint density at radius 2 is 2.47 bits per heavy atom. The molecule has 5 nitrogen and oxygen atoms in total. The second kappa shape index (κ2) is 6.16. The molecule has 1 aliphatic rings. The van der Waals surface area contributed by atoms with E-state index in [0.29, 0.717) is 18.4 Å². The van der Waals surface area contributed by atoms with E-state index in [-0.39, 0.29) is 6.10 Å². The van der Waals surface area contributed by atoms with Gasteiger partial charge in [0.15, 0.2) is 0 Å². The fourth-order valence-electron chi connectivity index (χ4n) is 1.68. The minimum Gasteiger partial charge on any atom is -0.474 e. The van der Waals surface area contributed by atoms with E-state index in [4.69, 9.17) is 9.47 Å². The molecule has 0 saturated carbocycles. The van der Waals surface area contributed by atoms with Crippen LogP contribution in [0.5, 0.6) is 5.88 Å². The zero-order chi connectivity index (χ0) is 12.1. The van der Waals surface area contributed by atoms with Crippen molar-refractivity contribution in [3.63, 3.8) is 0 Å². The summed E-state index contributed by atoms with van der Waals surface area (Å²) in [4.78, 5) is 8.30. The van der Waals surface area contributed by atoms with Crippen LogP contribution in [-0.4, -0.2) is 36.3 Å². The van der Waals surface area contributed by atoms with Gasteiger partial charge in [-0.3, -0.25) is 0 Å². The fourth-order valence-corrected chi connectivity index (χ4v) is 1.99. The Morgan fingerprint density at radius 1 is 1.59 bits per heavy atom. The van der Waals surface area contributed by atoms with E-state index in [2.05, 4.69) is 31.2 Å². The topological polar surface area (TPSA) is 56.3 Å². The maximum atomic E-state index is 5.66. The summed E-state index contributed by atoms with van der Waals surface area (Å²) in [6, 6.07) is 0. The maximum Gasteiger partial charge on any atom is 0.232 e. The van der Waals surface area contributed by atoms with Gasteiger partial charge in [-0.25, -0.2) is 4.98 Å². The molecule has 1 aliphatic heterocycles. The number of ether oxygens (including phenoxy) is 2. The first kappa shape index (κ1) is 12.6. The van der Waals surface area contributed by atoms with Gasteiger partial charge in [0.05, 0.1) is 16.8 Å². The van der Waals surface area contributed by atoms with Gasteiger partial charge in [0.2, 0.25) is 11.8 Å². The van der Waals surface area contributed by atoms with Gasteiger partial charge in [-0.2, -0.15) is 4.98 Å². The standard InChI is InChI=1S/C11H16BrN3O2/c1-13-11-14-6-9(12)10(15-11)17-7-8-4-2-3-5-16-8/h6,8H,2-5,7H2,1H3,(H,13,14,15). The number of anilines is 1. The van der Waals surface area contributed by atoms with Crippen LogP contribution >= 0.6 is 15.9 Å². The Labute approximate surface area is 109 Å². The van der Waals surface area contributed by atoms with Crippen molar-refractivity contribution in [1.82, 2.24) is 9.97 Å². The molecule has 1 N–H and O–H groups in total. The van der Waals surface area contributed by atoms with Crippen LogP contribution < -0.4 is 10.1 Å². The largest absolute Gasteiger partial charge is 0.474 e. The highest BCUT2D eigenvalue weighted by Gasteiger charge is 2.15. The summed E-state index contributed by atoms with van der Waals surface area (Å²) in [6.07, 6.45) is 5.28. The Morgan fingerprint density at radius 3 is 3.18 bits per heavy atom. The molecule has 0 amide bonds. The van der Waals surface area contributed by atoms with Crippen molar-refractivity contribution >= 4 is 21.9 Å². The summed E-state index contributed by atoms with van der Waals surface area (Å²) in [5, 5.41) is 2.88. The fraction of sp³-hybridized carbons (Fsp3) is 0.636. The maximum absolute atomic E-state index is 5.66. The minimum atomic E-state index is 0.184. The van der Waals surface area contributed by atoms with E-state index in [1.807, 2.05) is 0 Å². The van der Waals surface area contributed by atoms with Gasteiger partial charge in [-0.15, -0.1) is 0 Å². The Hall–Kier alpha value is -0.880. The minimum absolute atomic E-state index is 0.184. The summed E-state index contributed by atoms with van der Waals surface area (Å²) in [6.45, 7) is 1.37. The Bertz CT molecular complexity index is 370. The average molecular weight is 302 g/mol. The summed E-state index contributed by atoms with van der Waals surface area (Å²) in [5.74, 6) is 1.10. The number of halogens is 1. The van der Waals surface area contributed by atoms with Crippen molar-refractivity contribution < 1.29 is 9.47 Å². The molecule has 0 bridgehead atoms. The zero-order valence-corrected chi connectivity index (χ0v) is 11.4. The van der Waals surface area contributed by atoms with Crippen LogP contribution in [0.15, 0.2) is 10.7 Å². The van der Waals surface area contributed by atoms with E-state index in [1.165, 1.54) is 6.42 Å². The lowest BCUT2D eigenvalue weighted by molar-refractivity contribution is -0.0121. The lowest BCUT2D eigenvalue weighted by Crippen LogP contribution is -2.26. The molecule has 1 saturated heterocycles. The predicted octanol–water partition coefficient (Wildman–Crippen LogP) is 2.23. The number of hydrogen-bond acceptors (Lipinski definition) is 5. The summed E-state index contributed by atoms with van der Waals surface area (Å²) in [5.41, 5.74) is 0. The van der Waals surface area contributed by atoms with E-state index in [1.54, 1.807) is 13.2 Å². The van der Waals surface area contributed by atoms with Crippen molar-refractivity contribution in [2.45, 2.75) is 25.4 Å². The molecule has 2 rings (SSSR count). The SMILES string of the molecule is CNc1ncc(Br)c(OCC2CCCCO2)n1. The van der Waals surface area contributed by atoms with E-state index in [9.17, 15) is 0 Å². The summed E-state index contributed by atoms with van der Waals surface area (Å²) in [7, 11) is 1.78. The molecule has 0 spiro atoms. The molecule has 6 heteroatoms. The predicted molar refractivity (Wildman–Crippen MR) is 68.4 cm³/mol. The third kappa shape index (κ3) is 3.54. The highest BCUT2D eigenvalue weighted by Crippen LogP contribution is 2.23. The van der Waals surface area contributed by atoms with E-state index >= 15 is 0 Å². The third-order valence-electron chi connectivity index (χ3n) is 2.62. The van der Waals surface area contributed by atoms with Crippen molar-refractivity contribution in [2.75, 3.05) is 25.6 Å². The van der Waals surface area contributed by atoms with Crippen LogP contribution in [0, 0.1) is 0 Å². The number of aromatic nitrogens is 2. The number of nitrogens with one attached hydrogen (secondary N) is 1. The molecule has 1 aromatic heterocycles. The van der Waals surface area contributed by atoms with Gasteiger partial charge >= 0.3 is 0 Å². The smallest absolute Gasteiger partial charge is 0.232 e. The molecular weight excluding hydrogens is 286 g/mol. The van der Waals surface area contributed by atoms with Crippen LogP contribution in [-0.2, 0) is 4.74 Å². The molecular formula is C11H16BrN3O2. The number of rotatable bonds is 4. The highest BCUT2D eigenvalue weighted by atomic mass is 79.9. The molecule has 17 heavy (non-hydrogen) atoms. The van der Waals surface area contributed by atoms with Crippen LogP contribution in [0.3, 0.4) is 0 Å². The molecule has 1 unspecified atom stereocenters. The second-order valence-corrected chi connectivity index (χ2v) is 4.75. The van der Waals surface area contributed by atoms with E-state index in [0.717, 1.165) is 23.9 Å². The molecule has 0 aliphatic carbocycles. The van der Waals surface area contributed by atoms with Gasteiger partial charge in [0.1, 0.15) is 6.61 Å². The molecule has 1 atom stereocenters. The summed E-state index contributed by atoms with van der Waals surface area (Å²) < 4.78 is 12.0. The van der Waals surface area contributed by atoms with Crippen molar-refractivity contribution in [3.05, 3.63) is 10.7 Å². The van der Waals surface area contributed by atoms with Crippen LogP contribution in [0.1, 0.15) is 19.3 Å². The van der Waals surface area contributed by atoms with Gasteiger partial charge < -0.3 is 14.8 Å². The monoisotopic (exact) mass is 301 g/mol. The molecule has 1 fully saturated rings. The van der Waals surface area contributed by atoms with Gasteiger partial charge in [-0.1, -0.05) is 0 Å². The van der Waals surface area contributed by atoms with Gasteiger partial charge in [-0.05, 0) is 35.2 Å². The van der Waals surface area contributed by atoms with E-state index < -0.39 is 0 Å². The van der Waals surface area contributed by atoms with Crippen molar-refractivity contribution in [1.29, 1.82) is 0 Å². The molecule has 1 aromatic rings. The van der Waals surface area contributed by atoms with Crippen LogP contribution in [0.4, 0.5) is 5.95 Å². The zero-order valence-electron chi connectivity index (χ0n) is 9.78. The molecule has 0 aromatic carbocycles. The first-order valence-corrected chi connectivity index (χ1v) is 6.53. The number of nitrogens with zero attached hydrogens (tertiary/aromatic N) is 2. The average Bonchev–Trinajstić information content (AvgIpc) is 2.39. The second-order valence-electron chi connectivity index (χ2n) is 3.90. The molecule has 2 heterocycles. The van der Waals surface area contributed by atoms with Crippen LogP contribution in [0.2, 0.25) is 0 Å². The Kier molecular flexibility index (Phi) is 4.56. The highest BCUT2D eigenvalue weighted by molar-refractivity contribution is 9.10. The van der Waals surface area contributed by atoms with Gasteiger partial charge in [0, 0.05) is 13.7 Å². The normalized spacial score (nSPS) is 20.0. The quantitative estimate of drug-likeness (QED) is 0.924. The lowest BCUT2D eigenvalue weighted by atomic mass is 10.1. The lowest BCUT2D eigenvalue weighted by Gasteiger charge is -2.22. The molecule has 94 valence electrons. The molecule has 0 radical (unpaired) electrons. The van der Waals surface area contributed by atoms with Crippen molar-refractivity contribution in [2.24, 2.45) is 0 Å². The number of hydrogen-bond donors (Lipinski definition) is 1. The first-order valence-electron chi connectivity index (χ1n) is 5.74. The Balaban J connectivity index is 1.92. The third-order valence-corrected chi connectivity index (χ3v) is 3.16. The van der Waals surface area contributed by atoms with Crippen molar-refractivity contribution in [3.8, 4) is 5.88 Å².